The summed E-state index contributed by atoms with van der Waals surface area (Å²) in [6.07, 6.45) is 3.10. The lowest BCUT2D eigenvalue weighted by atomic mass is 9.98. The number of fused-ring (bicyclic) bond motifs is 1. The first-order valence-corrected chi connectivity index (χ1v) is 11.5. The van der Waals surface area contributed by atoms with Crippen LogP contribution in [0.2, 0.25) is 0 Å². The SMILES string of the molecule is O=C1CCC[C@@H]2[C@@H](CCN2C(=O)c2ccccc2-c2ccccc2)N1Cc1ccccc1. The van der Waals surface area contributed by atoms with E-state index in [0.29, 0.717) is 19.5 Å². The van der Waals surface area contributed by atoms with Gasteiger partial charge in [0, 0.05) is 25.1 Å². The molecule has 4 nitrogen and oxygen atoms in total. The molecule has 2 aliphatic rings. The summed E-state index contributed by atoms with van der Waals surface area (Å²) in [4.78, 5) is 30.8. The molecule has 0 unspecified atom stereocenters. The molecule has 0 radical (unpaired) electrons. The van der Waals surface area contributed by atoms with Crippen LogP contribution in [0, 0.1) is 0 Å². The average molecular weight is 425 g/mol. The first-order valence-electron chi connectivity index (χ1n) is 11.5. The van der Waals surface area contributed by atoms with Crippen LogP contribution in [0.15, 0.2) is 84.9 Å². The maximum absolute atomic E-state index is 13.8. The molecule has 0 bridgehead atoms. The third-order valence-electron chi connectivity index (χ3n) is 6.82. The molecule has 5 rings (SSSR count). The monoisotopic (exact) mass is 424 g/mol. The van der Waals surface area contributed by atoms with Crippen LogP contribution in [0.25, 0.3) is 11.1 Å². The summed E-state index contributed by atoms with van der Waals surface area (Å²) in [6, 6.07) is 28.3. The fraction of sp³-hybridized carbons (Fsp3) is 0.286. The Bertz CT molecular complexity index is 1100. The van der Waals surface area contributed by atoms with Crippen molar-refractivity contribution in [2.24, 2.45) is 0 Å². The smallest absolute Gasteiger partial charge is 0.254 e. The molecule has 3 aromatic carbocycles. The minimum absolute atomic E-state index is 0.0708. The average Bonchev–Trinajstić information content (AvgIpc) is 3.20. The lowest BCUT2D eigenvalue weighted by molar-refractivity contribution is -0.133. The van der Waals surface area contributed by atoms with E-state index in [1.807, 2.05) is 82.6 Å². The van der Waals surface area contributed by atoms with Gasteiger partial charge in [-0.25, -0.2) is 0 Å². The second-order valence-corrected chi connectivity index (χ2v) is 8.73. The highest BCUT2D eigenvalue weighted by Gasteiger charge is 2.43. The highest BCUT2D eigenvalue weighted by Crippen LogP contribution is 2.34. The van der Waals surface area contributed by atoms with E-state index in [2.05, 4.69) is 12.1 Å². The summed E-state index contributed by atoms with van der Waals surface area (Å²) in [6.45, 7) is 1.30. The topological polar surface area (TPSA) is 40.6 Å². The number of amides is 2. The van der Waals surface area contributed by atoms with Crippen molar-refractivity contribution in [3.05, 3.63) is 96.1 Å². The molecule has 2 amide bonds. The molecule has 0 aliphatic carbocycles. The summed E-state index contributed by atoms with van der Waals surface area (Å²) in [5.74, 6) is 0.284. The molecule has 32 heavy (non-hydrogen) atoms. The van der Waals surface area contributed by atoms with Crippen LogP contribution in [0.4, 0.5) is 0 Å². The lowest BCUT2D eigenvalue weighted by Crippen LogP contribution is -2.47. The Balaban J connectivity index is 1.43. The van der Waals surface area contributed by atoms with Crippen molar-refractivity contribution < 1.29 is 9.59 Å². The Hall–Kier alpha value is -3.40. The summed E-state index contributed by atoms with van der Waals surface area (Å²) in [5, 5.41) is 0. The van der Waals surface area contributed by atoms with Gasteiger partial charge in [-0.15, -0.1) is 0 Å². The summed E-state index contributed by atoms with van der Waals surface area (Å²) in [5.41, 5.74) is 3.89. The van der Waals surface area contributed by atoms with Crippen LogP contribution < -0.4 is 0 Å². The molecule has 0 spiro atoms. The first kappa shape index (κ1) is 20.5. The van der Waals surface area contributed by atoms with E-state index in [9.17, 15) is 9.59 Å². The minimum atomic E-state index is 0.0708. The van der Waals surface area contributed by atoms with Crippen LogP contribution >= 0.6 is 0 Å². The van der Waals surface area contributed by atoms with Crippen molar-refractivity contribution in [3.63, 3.8) is 0 Å². The lowest BCUT2D eigenvalue weighted by Gasteiger charge is -2.33. The van der Waals surface area contributed by atoms with Gasteiger partial charge in [0.2, 0.25) is 5.91 Å². The van der Waals surface area contributed by atoms with Gasteiger partial charge in [-0.05, 0) is 42.0 Å². The molecule has 2 saturated heterocycles. The second-order valence-electron chi connectivity index (χ2n) is 8.73. The number of carbonyl (C=O) groups is 2. The normalized spacial score (nSPS) is 20.7. The molecular formula is C28H28N2O2. The molecule has 0 aromatic heterocycles. The third kappa shape index (κ3) is 3.93. The zero-order valence-corrected chi connectivity index (χ0v) is 18.2. The number of hydrogen-bond donors (Lipinski definition) is 0. The Morgan fingerprint density at radius 1 is 0.812 bits per heavy atom. The van der Waals surface area contributed by atoms with E-state index < -0.39 is 0 Å². The molecule has 2 heterocycles. The third-order valence-corrected chi connectivity index (χ3v) is 6.82. The molecule has 3 aromatic rings. The fourth-order valence-electron chi connectivity index (χ4n) is 5.27. The standard InChI is InChI=1S/C28H28N2O2/c31-27-17-9-16-25-26(30(27)20-21-10-3-1-4-11-21)18-19-29(25)28(32)24-15-8-7-14-23(24)22-12-5-2-6-13-22/h1-8,10-15,25-26H,9,16-20H2/t25-,26-/m1/s1. The highest BCUT2D eigenvalue weighted by molar-refractivity contribution is 6.01. The van der Waals surface area contributed by atoms with E-state index in [1.54, 1.807) is 0 Å². The second kappa shape index (κ2) is 8.99. The van der Waals surface area contributed by atoms with Gasteiger partial charge in [-0.1, -0.05) is 78.9 Å². The van der Waals surface area contributed by atoms with Crippen molar-refractivity contribution in [2.45, 2.75) is 44.3 Å². The molecule has 0 N–H and O–H groups in total. The number of hydrogen-bond acceptors (Lipinski definition) is 2. The van der Waals surface area contributed by atoms with E-state index in [1.165, 1.54) is 0 Å². The maximum Gasteiger partial charge on any atom is 0.254 e. The van der Waals surface area contributed by atoms with Crippen molar-refractivity contribution >= 4 is 11.8 Å². The summed E-state index contributed by atoms with van der Waals surface area (Å²) in [7, 11) is 0. The van der Waals surface area contributed by atoms with Crippen molar-refractivity contribution in [1.82, 2.24) is 9.80 Å². The number of rotatable bonds is 4. The van der Waals surface area contributed by atoms with Crippen LogP contribution in [0.5, 0.6) is 0 Å². The van der Waals surface area contributed by atoms with Crippen molar-refractivity contribution in [3.8, 4) is 11.1 Å². The fourth-order valence-corrected chi connectivity index (χ4v) is 5.27. The molecule has 2 aliphatic heterocycles. The Kier molecular flexibility index (Phi) is 5.76. The van der Waals surface area contributed by atoms with Crippen molar-refractivity contribution in [1.29, 1.82) is 0 Å². The van der Waals surface area contributed by atoms with Gasteiger partial charge in [-0.3, -0.25) is 9.59 Å². The Labute approximate surface area is 189 Å². The molecule has 162 valence electrons. The zero-order valence-electron chi connectivity index (χ0n) is 18.2. The van der Waals surface area contributed by atoms with Gasteiger partial charge in [0.1, 0.15) is 0 Å². The number of carbonyl (C=O) groups excluding carboxylic acids is 2. The van der Waals surface area contributed by atoms with Crippen LogP contribution in [-0.4, -0.2) is 40.2 Å². The van der Waals surface area contributed by atoms with Gasteiger partial charge in [-0.2, -0.15) is 0 Å². The van der Waals surface area contributed by atoms with Gasteiger partial charge < -0.3 is 9.80 Å². The van der Waals surface area contributed by atoms with Crippen LogP contribution in [0.1, 0.15) is 41.6 Å². The number of nitrogens with zero attached hydrogens (tertiary/aromatic N) is 2. The van der Waals surface area contributed by atoms with Crippen LogP contribution in [-0.2, 0) is 11.3 Å². The predicted octanol–water partition coefficient (Wildman–Crippen LogP) is 5.15. The van der Waals surface area contributed by atoms with Gasteiger partial charge >= 0.3 is 0 Å². The molecule has 2 atom stereocenters. The molecule has 4 heteroatoms. The summed E-state index contributed by atoms with van der Waals surface area (Å²) < 4.78 is 0. The molecular weight excluding hydrogens is 396 g/mol. The van der Waals surface area contributed by atoms with Crippen LogP contribution in [0.3, 0.4) is 0 Å². The van der Waals surface area contributed by atoms with Gasteiger partial charge in [0.15, 0.2) is 0 Å². The van der Waals surface area contributed by atoms with E-state index in [0.717, 1.165) is 41.5 Å². The minimum Gasteiger partial charge on any atom is -0.333 e. The van der Waals surface area contributed by atoms with E-state index >= 15 is 0 Å². The Morgan fingerprint density at radius 2 is 1.50 bits per heavy atom. The summed E-state index contributed by atoms with van der Waals surface area (Å²) >= 11 is 0. The number of likely N-dealkylation sites (tertiary alicyclic amines) is 2. The number of benzene rings is 3. The highest BCUT2D eigenvalue weighted by atomic mass is 16.2. The van der Waals surface area contributed by atoms with Crippen molar-refractivity contribution in [2.75, 3.05) is 6.54 Å². The Morgan fingerprint density at radius 3 is 2.28 bits per heavy atom. The van der Waals surface area contributed by atoms with Gasteiger partial charge in [0.05, 0.1) is 12.1 Å². The quantitative estimate of drug-likeness (QED) is 0.581. The van der Waals surface area contributed by atoms with E-state index in [-0.39, 0.29) is 23.9 Å². The molecule has 0 saturated carbocycles. The first-order chi connectivity index (χ1) is 15.7. The van der Waals surface area contributed by atoms with Gasteiger partial charge in [0.25, 0.3) is 5.91 Å². The largest absolute Gasteiger partial charge is 0.333 e. The molecule has 2 fully saturated rings. The van der Waals surface area contributed by atoms with E-state index in [4.69, 9.17) is 0 Å². The zero-order chi connectivity index (χ0) is 21.9. The predicted molar refractivity (Wildman–Crippen MR) is 126 cm³/mol. The maximum atomic E-state index is 13.8.